The highest BCUT2D eigenvalue weighted by atomic mass is 16.6. The maximum absolute atomic E-state index is 11.8. The first-order chi connectivity index (χ1) is 9.67. The standard InChI is InChI=1S/C11H10N2O8/c1-11(9(14)15,10(16)21-2)8-6(12(17)18)4-3-5-7(8)13(19)20/h3-5H,1-2H3,(H,14,15). The van der Waals surface area contributed by atoms with E-state index in [1.54, 1.807) is 0 Å². The van der Waals surface area contributed by atoms with Crippen LogP contribution in [0.1, 0.15) is 12.5 Å². The number of nitro groups is 2. The van der Waals surface area contributed by atoms with Gasteiger partial charge in [-0.15, -0.1) is 0 Å². The summed E-state index contributed by atoms with van der Waals surface area (Å²) in [4.78, 5) is 43.2. The molecule has 0 aliphatic heterocycles. The topological polar surface area (TPSA) is 150 Å². The molecule has 1 atom stereocenters. The first kappa shape index (κ1) is 16.0. The molecule has 112 valence electrons. The molecule has 0 aliphatic carbocycles. The monoisotopic (exact) mass is 298 g/mol. The summed E-state index contributed by atoms with van der Waals surface area (Å²) in [6, 6.07) is 2.79. The minimum atomic E-state index is -2.58. The lowest BCUT2D eigenvalue weighted by atomic mass is 9.80. The number of nitro benzene ring substituents is 2. The van der Waals surface area contributed by atoms with Crippen LogP contribution >= 0.6 is 0 Å². The van der Waals surface area contributed by atoms with E-state index >= 15 is 0 Å². The molecule has 0 fully saturated rings. The molecule has 0 bridgehead atoms. The highest BCUT2D eigenvalue weighted by molar-refractivity contribution is 6.07. The summed E-state index contributed by atoms with van der Waals surface area (Å²) in [7, 11) is 0.879. The van der Waals surface area contributed by atoms with Crippen LogP contribution in [0.15, 0.2) is 18.2 Å². The number of ether oxygens (including phenoxy) is 1. The quantitative estimate of drug-likeness (QED) is 0.366. The van der Waals surface area contributed by atoms with Gasteiger partial charge in [-0.2, -0.15) is 0 Å². The molecule has 0 saturated heterocycles. The molecule has 0 aliphatic rings. The van der Waals surface area contributed by atoms with Crippen LogP contribution in [0.3, 0.4) is 0 Å². The molecule has 10 heteroatoms. The van der Waals surface area contributed by atoms with Crippen molar-refractivity contribution in [3.8, 4) is 0 Å². The normalized spacial score (nSPS) is 13.0. The lowest BCUT2D eigenvalue weighted by molar-refractivity contribution is -0.396. The Morgan fingerprint density at radius 1 is 1.19 bits per heavy atom. The third-order valence-electron chi connectivity index (χ3n) is 2.94. The van der Waals surface area contributed by atoms with E-state index < -0.39 is 44.1 Å². The van der Waals surface area contributed by atoms with Gasteiger partial charge < -0.3 is 9.84 Å². The number of methoxy groups -OCH3 is 1. The van der Waals surface area contributed by atoms with Gasteiger partial charge in [-0.05, 0) is 13.0 Å². The predicted octanol–water partition coefficient (Wildman–Crippen LogP) is 1.02. The first-order valence-electron chi connectivity index (χ1n) is 5.42. The molecule has 1 N–H and O–H groups in total. The summed E-state index contributed by atoms with van der Waals surface area (Å²) in [5, 5.41) is 31.3. The summed E-state index contributed by atoms with van der Waals surface area (Å²) in [6.07, 6.45) is 0. The number of aliphatic carboxylic acids is 1. The van der Waals surface area contributed by atoms with Gasteiger partial charge >= 0.3 is 11.9 Å². The van der Waals surface area contributed by atoms with Crippen LogP contribution in [0, 0.1) is 20.2 Å². The number of esters is 1. The largest absolute Gasteiger partial charge is 0.480 e. The third kappa shape index (κ3) is 2.50. The summed E-state index contributed by atoms with van der Waals surface area (Å²) in [5.41, 5.74) is -5.11. The van der Waals surface area contributed by atoms with Crippen LogP contribution in [0.25, 0.3) is 0 Å². The Morgan fingerprint density at radius 3 is 1.90 bits per heavy atom. The van der Waals surface area contributed by atoms with Gasteiger partial charge in [0.05, 0.1) is 17.0 Å². The van der Waals surface area contributed by atoms with E-state index in [0.29, 0.717) is 0 Å². The number of carboxylic acids is 1. The lowest BCUT2D eigenvalue weighted by Crippen LogP contribution is -2.42. The van der Waals surface area contributed by atoms with Crippen LogP contribution in [0.5, 0.6) is 0 Å². The third-order valence-corrected chi connectivity index (χ3v) is 2.94. The van der Waals surface area contributed by atoms with Crippen LogP contribution < -0.4 is 0 Å². The second-order valence-electron chi connectivity index (χ2n) is 4.11. The Morgan fingerprint density at radius 2 is 1.62 bits per heavy atom. The highest BCUT2D eigenvalue weighted by Crippen LogP contribution is 2.39. The van der Waals surface area contributed by atoms with E-state index in [1.165, 1.54) is 0 Å². The van der Waals surface area contributed by atoms with Gasteiger partial charge in [0.25, 0.3) is 11.4 Å². The molecule has 0 aromatic heterocycles. The van der Waals surface area contributed by atoms with Gasteiger partial charge in [0.2, 0.25) is 0 Å². The van der Waals surface area contributed by atoms with Gasteiger partial charge in [-0.25, -0.2) is 0 Å². The number of hydrogen-bond donors (Lipinski definition) is 1. The van der Waals surface area contributed by atoms with E-state index in [-0.39, 0.29) is 0 Å². The SMILES string of the molecule is COC(=O)C(C)(C(=O)O)c1c([N+](=O)[O-])cccc1[N+](=O)[O-]. The Hall–Kier alpha value is -3.04. The van der Waals surface area contributed by atoms with Gasteiger partial charge in [0.15, 0.2) is 5.41 Å². The van der Waals surface area contributed by atoms with Crippen molar-refractivity contribution in [2.24, 2.45) is 0 Å². The van der Waals surface area contributed by atoms with Crippen LogP contribution in [-0.2, 0) is 19.7 Å². The predicted molar refractivity (Wildman–Crippen MR) is 66.8 cm³/mol. The molecule has 0 spiro atoms. The fourth-order valence-corrected chi connectivity index (χ4v) is 1.85. The number of nitrogens with zero attached hydrogens (tertiary/aromatic N) is 2. The first-order valence-corrected chi connectivity index (χ1v) is 5.42. The number of carboxylic acid groups (broad SMARTS) is 1. The van der Waals surface area contributed by atoms with Crippen molar-refractivity contribution in [1.82, 2.24) is 0 Å². The second-order valence-corrected chi connectivity index (χ2v) is 4.11. The zero-order valence-electron chi connectivity index (χ0n) is 10.9. The Bertz CT molecular complexity index is 609. The Kier molecular flexibility index (Phi) is 4.21. The second kappa shape index (κ2) is 5.53. The van der Waals surface area contributed by atoms with Crippen molar-refractivity contribution < 1.29 is 29.3 Å². The zero-order valence-corrected chi connectivity index (χ0v) is 10.9. The summed E-state index contributed by atoms with van der Waals surface area (Å²) < 4.78 is 4.34. The average Bonchev–Trinajstić information content (AvgIpc) is 2.44. The highest BCUT2D eigenvalue weighted by Gasteiger charge is 2.52. The van der Waals surface area contributed by atoms with E-state index in [1.807, 2.05) is 0 Å². The van der Waals surface area contributed by atoms with E-state index in [0.717, 1.165) is 32.2 Å². The van der Waals surface area contributed by atoms with Crippen LogP contribution in [0.4, 0.5) is 11.4 Å². The summed E-state index contributed by atoms with van der Waals surface area (Å²) in [5.74, 6) is -3.15. The molecule has 0 amide bonds. The summed E-state index contributed by atoms with van der Waals surface area (Å²) in [6.45, 7) is 0.816. The molecule has 0 saturated carbocycles. The van der Waals surface area contributed by atoms with Gasteiger partial charge in [0, 0.05) is 12.1 Å². The number of carbonyl (C=O) groups excluding carboxylic acids is 1. The van der Waals surface area contributed by atoms with Gasteiger partial charge in [-0.3, -0.25) is 29.8 Å². The molecule has 1 rings (SSSR count). The molecule has 1 aromatic rings. The maximum Gasteiger partial charge on any atom is 0.328 e. The molecule has 10 nitrogen and oxygen atoms in total. The van der Waals surface area contributed by atoms with Crippen molar-refractivity contribution in [3.05, 3.63) is 44.0 Å². The molecule has 21 heavy (non-hydrogen) atoms. The van der Waals surface area contributed by atoms with Crippen LogP contribution in [-0.4, -0.2) is 34.0 Å². The number of benzene rings is 1. The van der Waals surface area contributed by atoms with Crippen molar-refractivity contribution in [3.63, 3.8) is 0 Å². The Labute approximate surface area is 117 Å². The average molecular weight is 298 g/mol. The maximum atomic E-state index is 11.8. The van der Waals surface area contributed by atoms with E-state index in [2.05, 4.69) is 4.74 Å². The summed E-state index contributed by atoms with van der Waals surface area (Å²) >= 11 is 0. The minimum absolute atomic E-state index is 0.816. The minimum Gasteiger partial charge on any atom is -0.480 e. The Balaban J connectivity index is 3.88. The van der Waals surface area contributed by atoms with Crippen LogP contribution in [0.2, 0.25) is 0 Å². The molecule has 1 aromatic carbocycles. The van der Waals surface area contributed by atoms with E-state index in [4.69, 9.17) is 0 Å². The number of carbonyl (C=O) groups is 2. The van der Waals surface area contributed by atoms with Crippen molar-refractivity contribution in [2.45, 2.75) is 12.3 Å². The van der Waals surface area contributed by atoms with E-state index in [9.17, 15) is 34.9 Å². The number of hydrogen-bond acceptors (Lipinski definition) is 7. The molecule has 0 heterocycles. The van der Waals surface area contributed by atoms with Crippen molar-refractivity contribution >= 4 is 23.3 Å². The molecular formula is C11H10N2O8. The van der Waals surface area contributed by atoms with Crippen molar-refractivity contribution in [1.29, 1.82) is 0 Å². The molecule has 1 unspecified atom stereocenters. The lowest BCUT2D eigenvalue weighted by Gasteiger charge is -2.21. The fourth-order valence-electron chi connectivity index (χ4n) is 1.85. The molecule has 0 radical (unpaired) electrons. The number of rotatable bonds is 5. The van der Waals surface area contributed by atoms with Gasteiger partial charge in [0.1, 0.15) is 5.56 Å². The molecular weight excluding hydrogens is 288 g/mol. The van der Waals surface area contributed by atoms with Crippen molar-refractivity contribution in [2.75, 3.05) is 7.11 Å². The fraction of sp³-hybridized carbons (Fsp3) is 0.273. The zero-order chi connectivity index (χ0) is 16.4. The smallest absolute Gasteiger partial charge is 0.328 e. The van der Waals surface area contributed by atoms with Gasteiger partial charge in [-0.1, -0.05) is 0 Å².